The van der Waals surface area contributed by atoms with E-state index in [1.54, 1.807) is 24.3 Å². The van der Waals surface area contributed by atoms with E-state index in [1.165, 1.54) is 30.1 Å². The topological polar surface area (TPSA) is 85.7 Å². The van der Waals surface area contributed by atoms with Crippen molar-refractivity contribution in [3.63, 3.8) is 0 Å². The van der Waals surface area contributed by atoms with Crippen LogP contribution in [0.4, 0.5) is 4.39 Å². The van der Waals surface area contributed by atoms with Crippen LogP contribution < -0.4 is 10.4 Å². The van der Waals surface area contributed by atoms with Crippen molar-refractivity contribution in [1.29, 1.82) is 0 Å². The first kappa shape index (κ1) is 15.0. The summed E-state index contributed by atoms with van der Waals surface area (Å²) in [7, 11) is 1.53. The lowest BCUT2D eigenvalue weighted by Crippen LogP contribution is -2.15. The third kappa shape index (κ3) is 2.53. The van der Waals surface area contributed by atoms with Gasteiger partial charge < -0.3 is 9.72 Å². The second-order valence-electron chi connectivity index (χ2n) is 5.26. The van der Waals surface area contributed by atoms with Crippen LogP contribution >= 0.6 is 0 Å². The number of fused-ring (bicyclic) bond motifs is 1. The number of halogens is 1. The summed E-state index contributed by atoms with van der Waals surface area (Å²) in [4.78, 5) is 27.5. The van der Waals surface area contributed by atoms with Gasteiger partial charge in [0.1, 0.15) is 17.1 Å². The summed E-state index contributed by atoms with van der Waals surface area (Å²) >= 11 is 0. The van der Waals surface area contributed by atoms with E-state index in [0.29, 0.717) is 28.2 Å². The molecule has 124 valence electrons. The molecule has 0 saturated carbocycles. The lowest BCUT2D eigenvalue weighted by Gasteiger charge is -2.09. The minimum Gasteiger partial charge on any atom is -0.495 e. The highest BCUT2D eigenvalue weighted by molar-refractivity contribution is 5.75. The quantitative estimate of drug-likeness (QED) is 0.620. The number of rotatable bonds is 3. The van der Waals surface area contributed by atoms with Crippen molar-refractivity contribution in [1.82, 2.24) is 24.5 Å². The van der Waals surface area contributed by atoms with Crippen molar-refractivity contribution in [3.8, 4) is 22.8 Å². The average Bonchev–Trinajstić information content (AvgIpc) is 2.96. The normalized spacial score (nSPS) is 11.0. The van der Waals surface area contributed by atoms with Crippen LogP contribution in [0.15, 0.2) is 53.7 Å². The van der Waals surface area contributed by atoms with Gasteiger partial charge in [-0.2, -0.15) is 0 Å². The van der Waals surface area contributed by atoms with Crippen LogP contribution in [0.5, 0.6) is 5.75 Å². The summed E-state index contributed by atoms with van der Waals surface area (Å²) in [6, 6.07) is 8.38. The Balaban J connectivity index is 1.98. The van der Waals surface area contributed by atoms with Crippen LogP contribution in [-0.4, -0.2) is 31.6 Å². The summed E-state index contributed by atoms with van der Waals surface area (Å²) < 4.78 is 20.1. The van der Waals surface area contributed by atoms with E-state index in [0.717, 1.165) is 6.20 Å². The molecule has 0 atom stereocenters. The Kier molecular flexibility index (Phi) is 3.50. The Morgan fingerprint density at radius 2 is 2.04 bits per heavy atom. The molecule has 0 spiro atoms. The summed E-state index contributed by atoms with van der Waals surface area (Å²) in [5.74, 6) is 0.303. The molecule has 0 aliphatic carbocycles. The van der Waals surface area contributed by atoms with Crippen LogP contribution in [0.1, 0.15) is 0 Å². The Bertz CT molecular complexity index is 1140. The fraction of sp³-hybridized carbons (Fsp3) is 0.0588. The zero-order valence-corrected chi connectivity index (χ0v) is 13.1. The van der Waals surface area contributed by atoms with E-state index < -0.39 is 5.82 Å². The number of hydrogen-bond acceptors (Lipinski definition) is 5. The van der Waals surface area contributed by atoms with Gasteiger partial charge in [0.15, 0.2) is 11.5 Å². The predicted molar refractivity (Wildman–Crippen MR) is 89.2 cm³/mol. The molecule has 0 amide bonds. The minimum absolute atomic E-state index is 0.266. The summed E-state index contributed by atoms with van der Waals surface area (Å²) in [5.41, 5.74) is 1.42. The highest BCUT2D eigenvalue weighted by atomic mass is 19.1. The maximum atomic E-state index is 13.4. The fourth-order valence-electron chi connectivity index (χ4n) is 2.61. The smallest absolute Gasteiger partial charge is 0.332 e. The molecule has 0 bridgehead atoms. The number of hydrogen-bond donors (Lipinski definition) is 1. The molecule has 0 unspecified atom stereocenters. The largest absolute Gasteiger partial charge is 0.495 e. The van der Waals surface area contributed by atoms with Gasteiger partial charge in [-0.3, -0.25) is 4.98 Å². The summed E-state index contributed by atoms with van der Waals surface area (Å²) in [6.45, 7) is 0. The second-order valence-corrected chi connectivity index (χ2v) is 5.26. The number of methoxy groups -OCH3 is 1. The number of aromatic amines is 1. The van der Waals surface area contributed by atoms with Crippen molar-refractivity contribution in [2.75, 3.05) is 7.11 Å². The van der Waals surface area contributed by atoms with Crippen LogP contribution in [0.25, 0.3) is 28.2 Å². The van der Waals surface area contributed by atoms with Crippen LogP contribution in [0.2, 0.25) is 0 Å². The monoisotopic (exact) mass is 337 g/mol. The molecule has 4 aromatic rings. The standard InChI is InChI=1S/C17H12FN5O2/c1-25-14-5-3-2-4-13(14)23-16-12(21-17(23)24)9-20-15(22-16)10-6-11(18)8-19-7-10/h2-9H,1H3,(H,21,24). The van der Waals surface area contributed by atoms with E-state index in [4.69, 9.17) is 4.74 Å². The molecule has 0 radical (unpaired) electrons. The molecular formula is C17H12FN5O2. The SMILES string of the molecule is COc1ccccc1-n1c(=O)[nH]c2cnc(-c3cncc(F)c3)nc21. The number of nitrogens with zero attached hydrogens (tertiary/aromatic N) is 4. The van der Waals surface area contributed by atoms with Gasteiger partial charge in [-0.15, -0.1) is 0 Å². The van der Waals surface area contributed by atoms with Crippen molar-refractivity contribution in [2.24, 2.45) is 0 Å². The van der Waals surface area contributed by atoms with Gasteiger partial charge in [-0.1, -0.05) is 12.1 Å². The molecule has 0 aliphatic heterocycles. The number of aromatic nitrogens is 5. The van der Waals surface area contributed by atoms with Crippen LogP contribution in [0, 0.1) is 5.82 Å². The number of ether oxygens (including phenoxy) is 1. The Morgan fingerprint density at radius 3 is 2.84 bits per heavy atom. The number of imidazole rings is 1. The third-order valence-electron chi connectivity index (χ3n) is 3.71. The Labute approximate surface area is 140 Å². The zero-order chi connectivity index (χ0) is 17.4. The van der Waals surface area contributed by atoms with Gasteiger partial charge in [0.2, 0.25) is 0 Å². The highest BCUT2D eigenvalue weighted by Crippen LogP contribution is 2.24. The molecule has 3 aromatic heterocycles. The van der Waals surface area contributed by atoms with Gasteiger partial charge in [-0.05, 0) is 18.2 Å². The van der Waals surface area contributed by atoms with Gasteiger partial charge >= 0.3 is 5.69 Å². The molecule has 3 heterocycles. The van der Waals surface area contributed by atoms with Gasteiger partial charge in [-0.25, -0.2) is 23.7 Å². The Hall–Kier alpha value is -3.55. The van der Waals surface area contributed by atoms with Crippen molar-refractivity contribution in [2.45, 2.75) is 0 Å². The molecule has 7 nitrogen and oxygen atoms in total. The van der Waals surface area contributed by atoms with E-state index in [9.17, 15) is 9.18 Å². The first-order valence-electron chi connectivity index (χ1n) is 7.39. The number of para-hydroxylation sites is 2. The molecule has 0 saturated heterocycles. The van der Waals surface area contributed by atoms with E-state index in [2.05, 4.69) is 19.9 Å². The molecular weight excluding hydrogens is 325 g/mol. The van der Waals surface area contributed by atoms with Crippen LogP contribution in [0.3, 0.4) is 0 Å². The second kappa shape index (κ2) is 5.82. The predicted octanol–water partition coefficient (Wildman–Crippen LogP) is 2.32. The van der Waals surface area contributed by atoms with Crippen molar-refractivity contribution in [3.05, 3.63) is 65.2 Å². The molecule has 1 N–H and O–H groups in total. The third-order valence-corrected chi connectivity index (χ3v) is 3.71. The molecule has 0 aliphatic rings. The number of H-pyrrole nitrogens is 1. The van der Waals surface area contributed by atoms with E-state index in [1.807, 2.05) is 0 Å². The number of benzene rings is 1. The minimum atomic E-state index is -0.489. The zero-order valence-electron chi connectivity index (χ0n) is 13.1. The van der Waals surface area contributed by atoms with Gasteiger partial charge in [0.05, 0.1) is 25.2 Å². The maximum absolute atomic E-state index is 13.4. The number of pyridine rings is 1. The molecule has 0 fully saturated rings. The van der Waals surface area contributed by atoms with Gasteiger partial charge in [0.25, 0.3) is 0 Å². The van der Waals surface area contributed by atoms with Crippen molar-refractivity contribution >= 4 is 11.2 Å². The van der Waals surface area contributed by atoms with Gasteiger partial charge in [0, 0.05) is 11.8 Å². The summed E-state index contributed by atoms with van der Waals surface area (Å²) in [5, 5.41) is 0. The lowest BCUT2D eigenvalue weighted by molar-refractivity contribution is 0.413. The maximum Gasteiger partial charge on any atom is 0.332 e. The molecule has 1 aromatic carbocycles. The average molecular weight is 337 g/mol. The van der Waals surface area contributed by atoms with E-state index >= 15 is 0 Å². The Morgan fingerprint density at radius 1 is 1.20 bits per heavy atom. The fourth-order valence-corrected chi connectivity index (χ4v) is 2.61. The molecule has 8 heteroatoms. The first-order chi connectivity index (χ1) is 12.2. The molecule has 4 rings (SSSR count). The van der Waals surface area contributed by atoms with Crippen molar-refractivity contribution < 1.29 is 9.13 Å². The first-order valence-corrected chi connectivity index (χ1v) is 7.39. The highest BCUT2D eigenvalue weighted by Gasteiger charge is 2.15. The van der Waals surface area contributed by atoms with E-state index in [-0.39, 0.29) is 11.5 Å². The molecule has 25 heavy (non-hydrogen) atoms. The lowest BCUT2D eigenvalue weighted by atomic mass is 10.2. The van der Waals surface area contributed by atoms with Crippen LogP contribution in [-0.2, 0) is 0 Å². The number of nitrogens with one attached hydrogen (secondary N) is 1. The summed E-state index contributed by atoms with van der Waals surface area (Å²) in [6.07, 6.45) is 4.04.